The zero-order valence-corrected chi connectivity index (χ0v) is 17.4. The molecule has 2 aliphatic heterocycles. The third-order valence-electron chi connectivity index (χ3n) is 5.75. The summed E-state index contributed by atoms with van der Waals surface area (Å²) in [6.07, 6.45) is 1.74. The van der Waals surface area contributed by atoms with E-state index in [1.54, 1.807) is 24.3 Å². The number of hydrogen-bond acceptors (Lipinski definition) is 5. The number of sulfonamides is 1. The summed E-state index contributed by atoms with van der Waals surface area (Å²) < 4.78 is 36.3. The van der Waals surface area contributed by atoms with Crippen molar-refractivity contribution < 1.29 is 17.6 Å². The van der Waals surface area contributed by atoms with Crippen molar-refractivity contribution >= 4 is 27.3 Å². The first-order valence-electron chi connectivity index (χ1n) is 10.0. The summed E-state index contributed by atoms with van der Waals surface area (Å²) in [5, 5.41) is 5.14. The Bertz CT molecular complexity index is 1030. The molecule has 0 aliphatic carbocycles. The number of hydrogen-bond donors (Lipinski definition) is 1. The quantitative estimate of drug-likeness (QED) is 0.793. The predicted molar refractivity (Wildman–Crippen MR) is 114 cm³/mol. The first-order valence-corrected chi connectivity index (χ1v) is 11.5. The fraction of sp³-hybridized carbons (Fsp3) is 0.381. The number of aryl methyl sites for hydroxylation is 1. The summed E-state index contributed by atoms with van der Waals surface area (Å²) in [6.45, 7) is 3.62. The number of anilines is 2. The number of rotatable bonds is 4. The van der Waals surface area contributed by atoms with Crippen molar-refractivity contribution in [2.45, 2.75) is 17.7 Å². The van der Waals surface area contributed by atoms with E-state index in [1.165, 1.54) is 18.2 Å². The summed E-state index contributed by atoms with van der Waals surface area (Å²) in [4.78, 5) is 19.0. The van der Waals surface area contributed by atoms with Gasteiger partial charge in [0.1, 0.15) is 5.82 Å². The van der Waals surface area contributed by atoms with Gasteiger partial charge in [0.25, 0.3) is 0 Å². The zero-order valence-electron chi connectivity index (χ0n) is 16.6. The smallest absolute Gasteiger partial charge is 0.242 e. The van der Waals surface area contributed by atoms with Crippen LogP contribution in [0.1, 0.15) is 12.0 Å². The molecular formula is C21H25FN4O3S. The van der Waals surface area contributed by atoms with Gasteiger partial charge in [-0.25, -0.2) is 17.9 Å². The Hall–Kier alpha value is -2.65. The van der Waals surface area contributed by atoms with Crippen molar-refractivity contribution in [3.05, 3.63) is 53.8 Å². The molecule has 7 nitrogen and oxygen atoms in total. The molecule has 0 spiro atoms. The summed E-state index contributed by atoms with van der Waals surface area (Å²) in [5.41, 5.74) is 2.81. The molecule has 1 amide bonds. The van der Waals surface area contributed by atoms with Crippen LogP contribution < -0.4 is 14.9 Å². The number of carbonyl (C=O) groups is 1. The first-order chi connectivity index (χ1) is 14.3. The molecule has 2 N–H and O–H groups in total. The number of nitrogens with zero attached hydrogens (tertiary/aromatic N) is 3. The van der Waals surface area contributed by atoms with Gasteiger partial charge < -0.3 is 14.7 Å². The number of benzene rings is 2. The maximum absolute atomic E-state index is 13.5. The largest absolute Gasteiger partial charge is 0.368 e. The minimum atomic E-state index is -3.70. The van der Waals surface area contributed by atoms with E-state index in [9.17, 15) is 17.6 Å². The summed E-state index contributed by atoms with van der Waals surface area (Å²) in [6, 6.07) is 11.2. The molecular weight excluding hydrogens is 407 g/mol. The van der Waals surface area contributed by atoms with Gasteiger partial charge >= 0.3 is 0 Å². The minimum absolute atomic E-state index is 0.0661. The lowest BCUT2D eigenvalue weighted by Crippen LogP contribution is -2.51. The molecule has 0 bridgehead atoms. The SMILES string of the molecule is NS(=O)(=O)c1ccc(N2CCN(C(=O)CN3CCCc4cc(F)ccc43)CC2)cc1. The Kier molecular flexibility index (Phi) is 5.66. The average molecular weight is 433 g/mol. The molecule has 0 unspecified atom stereocenters. The monoisotopic (exact) mass is 432 g/mol. The lowest BCUT2D eigenvalue weighted by atomic mass is 10.0. The van der Waals surface area contributed by atoms with Gasteiger partial charge in [-0.15, -0.1) is 0 Å². The number of fused-ring (bicyclic) bond motifs is 1. The highest BCUT2D eigenvalue weighted by Crippen LogP contribution is 2.28. The average Bonchev–Trinajstić information content (AvgIpc) is 2.73. The zero-order chi connectivity index (χ0) is 21.3. The lowest BCUT2D eigenvalue weighted by Gasteiger charge is -2.38. The van der Waals surface area contributed by atoms with Crippen molar-refractivity contribution in [1.82, 2.24) is 4.90 Å². The highest BCUT2D eigenvalue weighted by Gasteiger charge is 2.25. The van der Waals surface area contributed by atoms with Crippen LogP contribution in [0.3, 0.4) is 0 Å². The Balaban J connectivity index is 1.35. The number of primary sulfonamides is 1. The Labute approximate surface area is 175 Å². The molecule has 160 valence electrons. The van der Waals surface area contributed by atoms with E-state index in [4.69, 9.17) is 5.14 Å². The summed E-state index contributed by atoms with van der Waals surface area (Å²) in [7, 11) is -3.70. The van der Waals surface area contributed by atoms with Crippen molar-refractivity contribution in [3.63, 3.8) is 0 Å². The van der Waals surface area contributed by atoms with Crippen molar-refractivity contribution in [1.29, 1.82) is 0 Å². The van der Waals surface area contributed by atoms with E-state index >= 15 is 0 Å². The van der Waals surface area contributed by atoms with E-state index in [1.807, 2.05) is 9.80 Å². The molecule has 0 atom stereocenters. The Morgan fingerprint density at radius 3 is 2.37 bits per heavy atom. The van der Waals surface area contributed by atoms with Crippen molar-refractivity contribution in [2.24, 2.45) is 5.14 Å². The first kappa shape index (κ1) is 20.6. The van der Waals surface area contributed by atoms with E-state index in [2.05, 4.69) is 4.90 Å². The normalized spacial score (nSPS) is 17.1. The topological polar surface area (TPSA) is 87.0 Å². The van der Waals surface area contributed by atoms with E-state index in [0.29, 0.717) is 32.7 Å². The van der Waals surface area contributed by atoms with Gasteiger partial charge in [0, 0.05) is 44.1 Å². The highest BCUT2D eigenvalue weighted by molar-refractivity contribution is 7.89. The third kappa shape index (κ3) is 4.41. The van der Waals surface area contributed by atoms with E-state index < -0.39 is 10.0 Å². The van der Waals surface area contributed by atoms with Crippen LogP contribution in [-0.2, 0) is 21.2 Å². The molecule has 0 radical (unpaired) electrons. The second kappa shape index (κ2) is 8.23. The maximum Gasteiger partial charge on any atom is 0.242 e. The fourth-order valence-electron chi connectivity index (χ4n) is 4.13. The van der Waals surface area contributed by atoms with Gasteiger partial charge in [-0.05, 0) is 60.9 Å². The second-order valence-electron chi connectivity index (χ2n) is 7.70. The van der Waals surface area contributed by atoms with Crippen LogP contribution >= 0.6 is 0 Å². The van der Waals surface area contributed by atoms with Gasteiger partial charge in [-0.3, -0.25) is 4.79 Å². The molecule has 0 aromatic heterocycles. The molecule has 2 aromatic rings. The number of carbonyl (C=O) groups excluding carboxylic acids is 1. The van der Waals surface area contributed by atoms with Crippen LogP contribution in [0.15, 0.2) is 47.4 Å². The number of piperazine rings is 1. The minimum Gasteiger partial charge on any atom is -0.368 e. The van der Waals surface area contributed by atoms with E-state index in [-0.39, 0.29) is 16.6 Å². The van der Waals surface area contributed by atoms with Gasteiger partial charge in [0.05, 0.1) is 11.4 Å². The van der Waals surface area contributed by atoms with Gasteiger partial charge in [-0.2, -0.15) is 0 Å². The Morgan fingerprint density at radius 1 is 1.00 bits per heavy atom. The highest BCUT2D eigenvalue weighted by atomic mass is 32.2. The number of amides is 1. The third-order valence-corrected chi connectivity index (χ3v) is 6.67. The number of nitrogens with two attached hydrogens (primary N) is 1. The fourth-order valence-corrected chi connectivity index (χ4v) is 4.65. The van der Waals surface area contributed by atoms with Gasteiger partial charge in [-0.1, -0.05) is 0 Å². The van der Waals surface area contributed by atoms with Gasteiger partial charge in [0.2, 0.25) is 15.9 Å². The number of halogens is 1. The molecule has 1 saturated heterocycles. The van der Waals surface area contributed by atoms with Crippen LogP contribution in [0.2, 0.25) is 0 Å². The van der Waals surface area contributed by atoms with Crippen LogP contribution in [0.4, 0.5) is 15.8 Å². The predicted octanol–water partition coefficient (Wildman–Crippen LogP) is 1.57. The molecule has 1 fully saturated rings. The van der Waals surface area contributed by atoms with Crippen molar-refractivity contribution in [2.75, 3.05) is 49.1 Å². The maximum atomic E-state index is 13.5. The molecule has 0 saturated carbocycles. The summed E-state index contributed by atoms with van der Waals surface area (Å²) in [5.74, 6) is -0.174. The van der Waals surface area contributed by atoms with Crippen molar-refractivity contribution in [3.8, 4) is 0 Å². The lowest BCUT2D eigenvalue weighted by molar-refractivity contribution is -0.130. The molecule has 2 heterocycles. The van der Waals surface area contributed by atoms with Crippen LogP contribution in [-0.4, -0.2) is 58.5 Å². The summed E-state index contributed by atoms with van der Waals surface area (Å²) >= 11 is 0. The van der Waals surface area contributed by atoms with Crippen LogP contribution in [0.5, 0.6) is 0 Å². The molecule has 2 aromatic carbocycles. The van der Waals surface area contributed by atoms with Crippen LogP contribution in [0.25, 0.3) is 0 Å². The standard InChI is InChI=1S/C21H25FN4O3S/c22-17-3-8-20-16(14-17)2-1-9-26(20)15-21(27)25-12-10-24(11-13-25)18-4-6-19(7-5-18)30(23,28)29/h3-8,14H,1-2,9-13,15H2,(H2,23,28,29). The molecule has 30 heavy (non-hydrogen) atoms. The van der Waals surface area contributed by atoms with Gasteiger partial charge in [0.15, 0.2) is 0 Å². The molecule has 2 aliphatic rings. The Morgan fingerprint density at radius 2 is 1.70 bits per heavy atom. The van der Waals surface area contributed by atoms with Crippen LogP contribution in [0, 0.1) is 5.82 Å². The van der Waals surface area contributed by atoms with E-state index in [0.717, 1.165) is 36.3 Å². The second-order valence-corrected chi connectivity index (χ2v) is 9.27. The molecule has 9 heteroatoms. The molecule has 4 rings (SSSR count).